The van der Waals surface area contributed by atoms with Crippen molar-refractivity contribution < 1.29 is 9.52 Å². The molecule has 5 nitrogen and oxygen atoms in total. The molecule has 2 aromatic rings. The van der Waals surface area contributed by atoms with Crippen LogP contribution in [0.3, 0.4) is 0 Å². The van der Waals surface area contributed by atoms with Crippen LogP contribution in [0.4, 0.5) is 11.7 Å². The molecule has 2 rings (SSSR count). The van der Waals surface area contributed by atoms with Crippen LogP contribution >= 0.6 is 0 Å². The van der Waals surface area contributed by atoms with Crippen LogP contribution in [0.2, 0.25) is 0 Å². The van der Waals surface area contributed by atoms with Crippen LogP contribution in [0.25, 0.3) is 11.1 Å². The number of nitrogens with zero attached hydrogens (tertiary/aromatic N) is 1. The lowest BCUT2D eigenvalue weighted by Gasteiger charge is -2.06. The zero-order chi connectivity index (χ0) is 10.8. The normalized spacial score (nSPS) is 12.9. The van der Waals surface area contributed by atoms with E-state index in [1.807, 2.05) is 6.92 Å². The number of aliphatic hydroxyl groups excluding tert-OH is 1. The van der Waals surface area contributed by atoms with Gasteiger partial charge in [-0.25, -0.2) is 0 Å². The van der Waals surface area contributed by atoms with Gasteiger partial charge in [-0.15, -0.1) is 0 Å². The summed E-state index contributed by atoms with van der Waals surface area (Å²) in [6, 6.07) is 5.59. The van der Waals surface area contributed by atoms with E-state index in [9.17, 15) is 0 Å². The average molecular weight is 207 g/mol. The fraction of sp³-hybridized carbons (Fsp3) is 0.300. The van der Waals surface area contributed by atoms with Gasteiger partial charge >= 0.3 is 0 Å². The highest BCUT2D eigenvalue weighted by Crippen LogP contribution is 2.21. The molecule has 0 aliphatic heterocycles. The van der Waals surface area contributed by atoms with E-state index >= 15 is 0 Å². The third-order valence-corrected chi connectivity index (χ3v) is 2.06. The first-order valence-electron chi connectivity index (χ1n) is 4.72. The van der Waals surface area contributed by atoms with Crippen LogP contribution in [0.15, 0.2) is 22.6 Å². The lowest BCUT2D eigenvalue weighted by molar-refractivity contribution is 0.279. The van der Waals surface area contributed by atoms with Crippen molar-refractivity contribution >= 4 is 22.8 Å². The fourth-order valence-electron chi connectivity index (χ4n) is 1.26. The van der Waals surface area contributed by atoms with E-state index < -0.39 is 0 Å². The number of oxazole rings is 1. The molecule has 0 aliphatic rings. The molecule has 1 aromatic heterocycles. The lowest BCUT2D eigenvalue weighted by atomic mass is 10.3. The average Bonchev–Trinajstić information content (AvgIpc) is 2.59. The fourth-order valence-corrected chi connectivity index (χ4v) is 1.26. The molecule has 1 heterocycles. The summed E-state index contributed by atoms with van der Waals surface area (Å²) >= 11 is 0. The number of rotatable bonds is 3. The van der Waals surface area contributed by atoms with Crippen molar-refractivity contribution in [3.05, 3.63) is 18.2 Å². The van der Waals surface area contributed by atoms with Crippen molar-refractivity contribution in [2.24, 2.45) is 0 Å². The van der Waals surface area contributed by atoms with Gasteiger partial charge in [0.15, 0.2) is 5.58 Å². The minimum absolute atomic E-state index is 0.0286. The summed E-state index contributed by atoms with van der Waals surface area (Å²) in [5, 5.41) is 11.8. The first-order valence-corrected chi connectivity index (χ1v) is 4.72. The summed E-state index contributed by atoms with van der Waals surface area (Å²) in [6.07, 6.45) is 0. The summed E-state index contributed by atoms with van der Waals surface area (Å²) in [4.78, 5) is 4.20. The van der Waals surface area contributed by atoms with Crippen LogP contribution in [-0.2, 0) is 0 Å². The van der Waals surface area contributed by atoms with Crippen LogP contribution < -0.4 is 11.1 Å². The maximum Gasteiger partial charge on any atom is 0.295 e. The van der Waals surface area contributed by atoms with Crippen LogP contribution in [0, 0.1) is 0 Å². The topological polar surface area (TPSA) is 84.3 Å². The third-order valence-electron chi connectivity index (χ3n) is 2.06. The van der Waals surface area contributed by atoms with E-state index in [1.54, 1.807) is 18.2 Å². The number of nitrogens with one attached hydrogen (secondary N) is 1. The van der Waals surface area contributed by atoms with Crippen LogP contribution in [0.1, 0.15) is 6.92 Å². The second-order valence-corrected chi connectivity index (χ2v) is 3.47. The number of fused-ring (bicyclic) bond motifs is 1. The molecule has 0 bridgehead atoms. The molecule has 0 amide bonds. The minimum atomic E-state index is -0.0876. The van der Waals surface area contributed by atoms with E-state index in [0.717, 1.165) is 5.52 Å². The van der Waals surface area contributed by atoms with Crippen molar-refractivity contribution in [1.82, 2.24) is 4.98 Å². The van der Waals surface area contributed by atoms with Gasteiger partial charge in [0.1, 0.15) is 5.52 Å². The number of hydrogen-bond donors (Lipinski definition) is 3. The number of aromatic nitrogens is 1. The van der Waals surface area contributed by atoms with E-state index in [0.29, 0.717) is 17.3 Å². The smallest absolute Gasteiger partial charge is 0.295 e. The Labute approximate surface area is 86.9 Å². The highest BCUT2D eigenvalue weighted by molar-refractivity contribution is 5.78. The number of hydrogen-bond acceptors (Lipinski definition) is 5. The second kappa shape index (κ2) is 3.78. The number of nitrogen functional groups attached to an aromatic ring is 1. The molecule has 1 atom stereocenters. The van der Waals surface area contributed by atoms with Gasteiger partial charge in [-0.1, -0.05) is 0 Å². The quantitative estimate of drug-likeness (QED) is 0.658. The van der Waals surface area contributed by atoms with Gasteiger partial charge < -0.3 is 20.6 Å². The van der Waals surface area contributed by atoms with Gasteiger partial charge in [0.2, 0.25) is 0 Å². The molecule has 0 fully saturated rings. The Balaban J connectivity index is 2.30. The first kappa shape index (κ1) is 9.79. The summed E-state index contributed by atoms with van der Waals surface area (Å²) in [7, 11) is 0. The predicted molar refractivity (Wildman–Crippen MR) is 58.6 cm³/mol. The SMILES string of the molecule is CC(CO)Nc1nc2ccc(N)cc2o1. The standard InChI is InChI=1S/C10H13N3O2/c1-6(5-14)12-10-13-8-3-2-7(11)4-9(8)15-10/h2-4,6,14H,5,11H2,1H3,(H,12,13). The monoisotopic (exact) mass is 207 g/mol. The lowest BCUT2D eigenvalue weighted by Crippen LogP contribution is -2.19. The van der Waals surface area contributed by atoms with Gasteiger partial charge in [0, 0.05) is 11.8 Å². The largest absolute Gasteiger partial charge is 0.423 e. The zero-order valence-corrected chi connectivity index (χ0v) is 8.40. The van der Waals surface area contributed by atoms with Crippen LogP contribution in [0.5, 0.6) is 0 Å². The molecule has 4 N–H and O–H groups in total. The maximum atomic E-state index is 8.86. The van der Waals surface area contributed by atoms with Gasteiger partial charge in [-0.3, -0.25) is 0 Å². The number of nitrogens with two attached hydrogens (primary N) is 1. The van der Waals surface area contributed by atoms with Crippen molar-refractivity contribution in [3.63, 3.8) is 0 Å². The number of benzene rings is 1. The maximum absolute atomic E-state index is 8.86. The van der Waals surface area contributed by atoms with E-state index in [1.165, 1.54) is 0 Å². The van der Waals surface area contributed by atoms with Gasteiger partial charge in [0.25, 0.3) is 6.01 Å². The number of anilines is 2. The highest BCUT2D eigenvalue weighted by Gasteiger charge is 2.07. The van der Waals surface area contributed by atoms with Crippen molar-refractivity contribution in [2.75, 3.05) is 17.7 Å². The Kier molecular flexibility index (Phi) is 2.47. The molecule has 80 valence electrons. The van der Waals surface area contributed by atoms with Crippen LogP contribution in [-0.4, -0.2) is 22.7 Å². The summed E-state index contributed by atoms with van der Waals surface area (Å²) in [5.74, 6) is 0. The Morgan fingerprint density at radius 3 is 3.13 bits per heavy atom. The highest BCUT2D eigenvalue weighted by atomic mass is 16.4. The summed E-state index contributed by atoms with van der Waals surface area (Å²) in [6.45, 7) is 1.87. The zero-order valence-electron chi connectivity index (χ0n) is 8.40. The molecule has 1 aromatic carbocycles. The Bertz CT molecular complexity index is 467. The Morgan fingerprint density at radius 1 is 1.60 bits per heavy atom. The Hall–Kier alpha value is -1.75. The minimum Gasteiger partial charge on any atom is -0.423 e. The summed E-state index contributed by atoms with van der Waals surface area (Å²) in [5.41, 5.74) is 7.64. The van der Waals surface area contributed by atoms with E-state index in [2.05, 4.69) is 10.3 Å². The van der Waals surface area contributed by atoms with E-state index in [-0.39, 0.29) is 12.6 Å². The molecule has 15 heavy (non-hydrogen) atoms. The van der Waals surface area contributed by atoms with Gasteiger partial charge in [-0.2, -0.15) is 4.98 Å². The molecule has 0 saturated heterocycles. The Morgan fingerprint density at radius 2 is 2.40 bits per heavy atom. The third kappa shape index (κ3) is 2.02. The predicted octanol–water partition coefficient (Wildman–Crippen LogP) is 1.20. The van der Waals surface area contributed by atoms with Gasteiger partial charge in [-0.05, 0) is 19.1 Å². The van der Waals surface area contributed by atoms with Crippen molar-refractivity contribution in [1.29, 1.82) is 0 Å². The molecule has 1 unspecified atom stereocenters. The molecule has 5 heteroatoms. The molecule has 0 radical (unpaired) electrons. The number of aliphatic hydroxyl groups is 1. The second-order valence-electron chi connectivity index (χ2n) is 3.47. The molecule has 0 saturated carbocycles. The van der Waals surface area contributed by atoms with E-state index in [4.69, 9.17) is 15.3 Å². The molecule has 0 aliphatic carbocycles. The summed E-state index contributed by atoms with van der Waals surface area (Å²) < 4.78 is 5.41. The van der Waals surface area contributed by atoms with Gasteiger partial charge in [0.05, 0.1) is 12.6 Å². The molecular weight excluding hydrogens is 194 g/mol. The van der Waals surface area contributed by atoms with Crippen molar-refractivity contribution in [2.45, 2.75) is 13.0 Å². The molecule has 0 spiro atoms. The molecular formula is C10H13N3O2. The first-order chi connectivity index (χ1) is 7.19. The van der Waals surface area contributed by atoms with Crippen molar-refractivity contribution in [3.8, 4) is 0 Å².